The summed E-state index contributed by atoms with van der Waals surface area (Å²) in [4.78, 5) is 0. The summed E-state index contributed by atoms with van der Waals surface area (Å²) in [5.74, 6) is 0. The van der Waals surface area contributed by atoms with Crippen LogP contribution in [-0.2, 0) is 9.47 Å². The monoisotopic (exact) mass is 483 g/mol. The van der Waals surface area contributed by atoms with Gasteiger partial charge < -0.3 is 25.0 Å². The van der Waals surface area contributed by atoms with E-state index in [1.54, 1.807) is 0 Å². The number of nitrogens with zero attached hydrogens (tertiary/aromatic N) is 2. The van der Waals surface area contributed by atoms with E-state index in [1.807, 2.05) is 27.7 Å². The van der Waals surface area contributed by atoms with Crippen LogP contribution in [0, 0.1) is 5.21 Å². The molecule has 2 rings (SSSR count). The van der Waals surface area contributed by atoms with Crippen LogP contribution in [0.15, 0.2) is 0 Å². The lowest BCUT2D eigenvalue weighted by Gasteiger charge is -2.59. The molecule has 0 aromatic carbocycles. The standard InChI is InChI=1S/C28H55N2O4/c1-25(2)19-23(20-26(3,4)29(25)31)33-17-15-13-11-9-10-12-14-16-18-34-24-21-27(5,6)30(32)28(7,8)22-24/h23-24,31H,9-22H2,1-8H3/q-1. The van der Waals surface area contributed by atoms with Gasteiger partial charge in [-0.2, -0.15) is 5.06 Å². The number of hydrogen-bond donors (Lipinski definition) is 1. The first kappa shape index (κ1) is 30.0. The third-order valence-corrected chi connectivity index (χ3v) is 7.90. The summed E-state index contributed by atoms with van der Waals surface area (Å²) < 4.78 is 12.3. The van der Waals surface area contributed by atoms with Gasteiger partial charge in [0.05, 0.1) is 12.2 Å². The van der Waals surface area contributed by atoms with Crippen LogP contribution in [0.2, 0.25) is 0 Å². The summed E-state index contributed by atoms with van der Waals surface area (Å²) in [5, 5.41) is 25.6. The fourth-order valence-electron chi connectivity index (χ4n) is 6.35. The first-order valence-electron chi connectivity index (χ1n) is 13.9. The van der Waals surface area contributed by atoms with Crippen molar-refractivity contribution in [1.29, 1.82) is 0 Å². The number of hydroxylamine groups is 4. The Morgan fingerprint density at radius 1 is 0.588 bits per heavy atom. The normalized spacial score (nSPS) is 25.6. The number of hydrogen-bond acceptors (Lipinski definition) is 6. The molecule has 0 aliphatic carbocycles. The topological polar surface area (TPSA) is 68.2 Å². The zero-order chi connectivity index (χ0) is 25.6. The van der Waals surface area contributed by atoms with Gasteiger partial charge in [-0.1, -0.05) is 38.5 Å². The van der Waals surface area contributed by atoms with Crippen LogP contribution >= 0.6 is 0 Å². The second-order valence-corrected chi connectivity index (χ2v) is 13.5. The van der Waals surface area contributed by atoms with Gasteiger partial charge in [0.1, 0.15) is 0 Å². The molecule has 2 fully saturated rings. The summed E-state index contributed by atoms with van der Waals surface area (Å²) in [7, 11) is 0. The molecule has 0 aromatic heterocycles. The van der Waals surface area contributed by atoms with Crippen LogP contribution in [0.5, 0.6) is 0 Å². The molecule has 6 heteroatoms. The molecular weight excluding hydrogens is 428 g/mol. The molecule has 1 N–H and O–H groups in total. The molecule has 0 unspecified atom stereocenters. The Morgan fingerprint density at radius 2 is 0.882 bits per heavy atom. The molecule has 0 amide bonds. The zero-order valence-electron chi connectivity index (χ0n) is 23.6. The average Bonchev–Trinajstić information content (AvgIpc) is 2.70. The van der Waals surface area contributed by atoms with Crippen LogP contribution in [-0.4, -0.2) is 62.9 Å². The first-order valence-corrected chi connectivity index (χ1v) is 13.9. The van der Waals surface area contributed by atoms with E-state index in [1.165, 1.54) is 48.7 Å². The van der Waals surface area contributed by atoms with Crippen molar-refractivity contribution in [2.24, 2.45) is 0 Å². The third-order valence-electron chi connectivity index (χ3n) is 7.90. The highest BCUT2D eigenvalue weighted by molar-refractivity contribution is 5.01. The van der Waals surface area contributed by atoms with Crippen LogP contribution in [0.4, 0.5) is 0 Å². The molecule has 0 radical (unpaired) electrons. The van der Waals surface area contributed by atoms with Crippen molar-refractivity contribution in [3.8, 4) is 0 Å². The quantitative estimate of drug-likeness (QED) is 0.283. The van der Waals surface area contributed by atoms with Crippen LogP contribution < -0.4 is 0 Å². The van der Waals surface area contributed by atoms with Crippen molar-refractivity contribution < 1.29 is 14.7 Å². The molecule has 0 saturated carbocycles. The summed E-state index contributed by atoms with van der Waals surface area (Å²) in [6.07, 6.45) is 13.7. The minimum atomic E-state index is -0.346. The zero-order valence-corrected chi connectivity index (χ0v) is 23.6. The maximum absolute atomic E-state index is 12.4. The van der Waals surface area contributed by atoms with Gasteiger partial charge in [0.15, 0.2) is 0 Å². The van der Waals surface area contributed by atoms with Gasteiger partial charge >= 0.3 is 0 Å². The predicted octanol–water partition coefficient (Wildman–Crippen LogP) is 7.07. The molecular formula is C28H55N2O4-. The maximum Gasteiger partial charge on any atom is 0.0611 e. The molecule has 0 bridgehead atoms. The predicted molar refractivity (Wildman–Crippen MR) is 140 cm³/mol. The second-order valence-electron chi connectivity index (χ2n) is 13.5. The second kappa shape index (κ2) is 12.3. The Morgan fingerprint density at radius 3 is 1.24 bits per heavy atom. The van der Waals surface area contributed by atoms with Crippen molar-refractivity contribution in [3.05, 3.63) is 5.21 Å². The fraction of sp³-hybridized carbons (Fsp3) is 1.00. The van der Waals surface area contributed by atoms with Crippen LogP contribution in [0.3, 0.4) is 0 Å². The molecule has 6 nitrogen and oxygen atoms in total. The molecule has 202 valence electrons. The maximum atomic E-state index is 12.4. The Labute approximate surface area is 210 Å². The highest BCUT2D eigenvalue weighted by Gasteiger charge is 2.45. The highest BCUT2D eigenvalue weighted by atomic mass is 16.5. The molecule has 2 heterocycles. The summed E-state index contributed by atoms with van der Waals surface area (Å²) in [6.45, 7) is 18.1. The lowest BCUT2D eigenvalue weighted by molar-refractivity contribution is -0.261. The Balaban J connectivity index is 1.44. The van der Waals surface area contributed by atoms with E-state index < -0.39 is 0 Å². The fourth-order valence-corrected chi connectivity index (χ4v) is 6.35. The van der Waals surface area contributed by atoms with Gasteiger partial charge in [-0.25, -0.2) is 0 Å². The summed E-state index contributed by atoms with van der Waals surface area (Å²) >= 11 is 0. The van der Waals surface area contributed by atoms with Gasteiger partial charge in [0, 0.05) is 35.4 Å². The van der Waals surface area contributed by atoms with Crippen molar-refractivity contribution in [1.82, 2.24) is 10.1 Å². The number of piperidine rings is 2. The van der Waals surface area contributed by atoms with Gasteiger partial charge in [-0.3, -0.25) is 0 Å². The minimum absolute atomic E-state index is 0.200. The molecule has 34 heavy (non-hydrogen) atoms. The minimum Gasteiger partial charge on any atom is -0.784 e. The Hall–Kier alpha value is -0.240. The van der Waals surface area contributed by atoms with Gasteiger partial charge in [0.2, 0.25) is 0 Å². The molecule has 0 atom stereocenters. The number of unbranched alkanes of at least 4 members (excludes halogenated alkanes) is 7. The number of ether oxygens (including phenoxy) is 2. The van der Waals surface area contributed by atoms with E-state index in [4.69, 9.17) is 9.47 Å². The third kappa shape index (κ3) is 8.70. The summed E-state index contributed by atoms with van der Waals surface area (Å²) in [5.41, 5.74) is -1.17. The molecule has 2 aliphatic heterocycles. The molecule has 0 spiro atoms. The Kier molecular flexibility index (Phi) is 10.9. The van der Waals surface area contributed by atoms with Crippen molar-refractivity contribution in [2.45, 2.75) is 167 Å². The van der Waals surface area contributed by atoms with E-state index in [-0.39, 0.29) is 34.4 Å². The highest BCUT2D eigenvalue weighted by Crippen LogP contribution is 2.39. The van der Waals surface area contributed by atoms with E-state index in [0.717, 1.165) is 51.7 Å². The lowest BCUT2D eigenvalue weighted by atomic mass is 9.80. The van der Waals surface area contributed by atoms with Crippen LogP contribution in [0.25, 0.3) is 0 Å². The van der Waals surface area contributed by atoms with E-state index in [9.17, 15) is 10.4 Å². The average molecular weight is 484 g/mol. The van der Waals surface area contributed by atoms with E-state index in [0.29, 0.717) is 0 Å². The first-order chi connectivity index (χ1) is 15.7. The smallest absolute Gasteiger partial charge is 0.0611 e. The van der Waals surface area contributed by atoms with Crippen molar-refractivity contribution >= 4 is 0 Å². The largest absolute Gasteiger partial charge is 0.784 e. The van der Waals surface area contributed by atoms with Gasteiger partial charge in [-0.05, 0) is 93.9 Å². The van der Waals surface area contributed by atoms with Crippen molar-refractivity contribution in [2.75, 3.05) is 13.2 Å². The SMILES string of the molecule is CC1(C)CC(OCCCCCCCCCCOC2CC(C)(C)N(O)C(C)(C)C2)CC(C)(C)N1[O-]. The van der Waals surface area contributed by atoms with Crippen LogP contribution in [0.1, 0.15) is 132 Å². The lowest BCUT2D eigenvalue weighted by Crippen LogP contribution is -2.60. The van der Waals surface area contributed by atoms with E-state index >= 15 is 0 Å². The van der Waals surface area contributed by atoms with Gasteiger partial charge in [0.25, 0.3) is 0 Å². The number of rotatable bonds is 13. The summed E-state index contributed by atoms with van der Waals surface area (Å²) in [6, 6.07) is 0. The van der Waals surface area contributed by atoms with Gasteiger partial charge in [-0.15, -0.1) is 0 Å². The Bertz CT molecular complexity index is 517. The molecule has 2 saturated heterocycles. The van der Waals surface area contributed by atoms with Crippen molar-refractivity contribution in [3.63, 3.8) is 0 Å². The molecule has 0 aromatic rings. The molecule has 2 aliphatic rings. The van der Waals surface area contributed by atoms with E-state index in [2.05, 4.69) is 27.7 Å².